The summed E-state index contributed by atoms with van der Waals surface area (Å²) >= 11 is 0. The van der Waals surface area contributed by atoms with Crippen molar-refractivity contribution in [1.82, 2.24) is 20.2 Å². The minimum Gasteiger partial charge on any atom is -0.350 e. The number of amides is 1. The third-order valence-electron chi connectivity index (χ3n) is 3.15. The average molecular weight is 286 g/mol. The molecule has 2 aromatic rings. The second kappa shape index (κ2) is 8.21. The lowest BCUT2D eigenvalue weighted by Gasteiger charge is -2.05. The van der Waals surface area contributed by atoms with E-state index in [1.807, 2.05) is 41.1 Å². The highest BCUT2D eigenvalue weighted by molar-refractivity contribution is 5.75. The Bertz CT molecular complexity index is 550. The zero-order chi connectivity index (χ0) is 14.9. The van der Waals surface area contributed by atoms with Crippen LogP contribution in [-0.4, -0.2) is 28.5 Å². The number of hydrogen-bond acceptors (Lipinski definition) is 3. The van der Waals surface area contributed by atoms with Gasteiger partial charge in [0.25, 0.3) is 0 Å². The number of hydrogen-bond donors (Lipinski definition) is 2. The van der Waals surface area contributed by atoms with Crippen LogP contribution in [0.4, 0.5) is 0 Å². The van der Waals surface area contributed by atoms with Crippen LogP contribution in [0.3, 0.4) is 0 Å². The Labute approximate surface area is 125 Å². The van der Waals surface area contributed by atoms with Crippen LogP contribution >= 0.6 is 0 Å². The Morgan fingerprint density at radius 1 is 1.29 bits per heavy atom. The molecule has 0 saturated heterocycles. The van der Waals surface area contributed by atoms with Crippen LogP contribution in [0.5, 0.6) is 0 Å². The lowest BCUT2D eigenvalue weighted by Crippen LogP contribution is -2.26. The maximum absolute atomic E-state index is 11.9. The molecule has 0 spiro atoms. The van der Waals surface area contributed by atoms with Crippen molar-refractivity contribution >= 4 is 5.91 Å². The van der Waals surface area contributed by atoms with Crippen LogP contribution < -0.4 is 10.6 Å². The highest BCUT2D eigenvalue weighted by Crippen LogP contribution is 1.99. The Morgan fingerprint density at radius 2 is 2.10 bits per heavy atom. The van der Waals surface area contributed by atoms with Gasteiger partial charge in [-0.15, -0.1) is 0 Å². The smallest absolute Gasteiger partial charge is 0.240 e. The zero-order valence-corrected chi connectivity index (χ0v) is 12.4. The summed E-state index contributed by atoms with van der Waals surface area (Å²) in [6.45, 7) is 4.81. The van der Waals surface area contributed by atoms with Crippen molar-refractivity contribution in [3.05, 3.63) is 54.1 Å². The van der Waals surface area contributed by atoms with Crippen LogP contribution in [0.15, 0.2) is 42.9 Å². The van der Waals surface area contributed by atoms with E-state index in [-0.39, 0.29) is 5.91 Å². The van der Waals surface area contributed by atoms with E-state index in [1.165, 1.54) is 0 Å². The van der Waals surface area contributed by atoms with E-state index in [1.54, 1.807) is 6.33 Å². The predicted octanol–water partition coefficient (Wildman–Crippen LogP) is 1.35. The van der Waals surface area contributed by atoms with Gasteiger partial charge in [0.2, 0.25) is 5.91 Å². The molecular formula is C16H22N4O. The minimum atomic E-state index is -0.00511. The number of benzene rings is 1. The number of nitrogens with one attached hydrogen (secondary N) is 2. The van der Waals surface area contributed by atoms with Crippen molar-refractivity contribution in [3.63, 3.8) is 0 Å². The summed E-state index contributed by atoms with van der Waals surface area (Å²) in [5.41, 5.74) is 2.11. The number of aromatic nitrogens is 2. The van der Waals surface area contributed by atoms with E-state index in [9.17, 15) is 4.79 Å². The van der Waals surface area contributed by atoms with E-state index in [0.29, 0.717) is 13.1 Å². The molecule has 2 N–H and O–H groups in total. The number of rotatable bonds is 8. The molecule has 0 radical (unpaired) electrons. The third kappa shape index (κ3) is 5.39. The van der Waals surface area contributed by atoms with Gasteiger partial charge >= 0.3 is 0 Å². The molecule has 5 heteroatoms. The zero-order valence-electron chi connectivity index (χ0n) is 12.4. The topological polar surface area (TPSA) is 59.0 Å². The van der Waals surface area contributed by atoms with Crippen molar-refractivity contribution in [2.45, 2.75) is 26.4 Å². The number of imidazole rings is 1. The first kappa shape index (κ1) is 15.3. The first-order valence-electron chi connectivity index (χ1n) is 7.30. The van der Waals surface area contributed by atoms with E-state index < -0.39 is 0 Å². The molecule has 0 atom stereocenters. The maximum Gasteiger partial charge on any atom is 0.240 e. The van der Waals surface area contributed by atoms with Crippen LogP contribution in [0.25, 0.3) is 0 Å². The average Bonchev–Trinajstić information content (AvgIpc) is 2.94. The summed E-state index contributed by atoms with van der Waals surface area (Å²) in [6.07, 6.45) is 4.52. The molecule has 21 heavy (non-hydrogen) atoms. The molecule has 1 amide bonds. The highest BCUT2D eigenvalue weighted by atomic mass is 16.1. The first-order valence-corrected chi connectivity index (χ1v) is 7.30. The van der Waals surface area contributed by atoms with E-state index in [0.717, 1.165) is 30.8 Å². The van der Waals surface area contributed by atoms with Gasteiger partial charge < -0.3 is 15.2 Å². The Kier molecular flexibility index (Phi) is 5.97. The van der Waals surface area contributed by atoms with E-state index in [4.69, 9.17) is 0 Å². The normalized spacial score (nSPS) is 10.5. The van der Waals surface area contributed by atoms with Gasteiger partial charge in [-0.05, 0) is 12.1 Å². The highest BCUT2D eigenvalue weighted by Gasteiger charge is 2.04. The molecule has 0 aliphatic carbocycles. The molecule has 0 unspecified atom stereocenters. The Balaban J connectivity index is 1.75. The van der Waals surface area contributed by atoms with E-state index in [2.05, 4.69) is 22.5 Å². The molecule has 0 aliphatic rings. The number of likely N-dealkylation sites (N-methyl/N-ethyl adjacent to an activating group) is 1. The van der Waals surface area contributed by atoms with Crippen LogP contribution in [0.2, 0.25) is 0 Å². The van der Waals surface area contributed by atoms with Crippen molar-refractivity contribution in [2.24, 2.45) is 0 Å². The fraction of sp³-hybridized carbons (Fsp3) is 0.375. The first-order chi connectivity index (χ1) is 10.3. The summed E-state index contributed by atoms with van der Waals surface area (Å²) in [7, 11) is 0. The van der Waals surface area contributed by atoms with Crippen LogP contribution in [0.1, 0.15) is 18.2 Å². The molecule has 112 valence electrons. The monoisotopic (exact) mass is 286 g/mol. The fourth-order valence-corrected chi connectivity index (χ4v) is 2.03. The number of nitrogens with zero attached hydrogens (tertiary/aromatic N) is 2. The lowest BCUT2D eigenvalue weighted by molar-refractivity contribution is -0.121. The second-order valence-corrected chi connectivity index (χ2v) is 4.90. The van der Waals surface area contributed by atoms with Crippen molar-refractivity contribution in [2.75, 3.05) is 13.1 Å². The molecule has 0 fully saturated rings. The predicted molar refractivity (Wildman–Crippen MR) is 82.8 cm³/mol. The largest absolute Gasteiger partial charge is 0.350 e. The third-order valence-corrected chi connectivity index (χ3v) is 3.15. The van der Waals surface area contributed by atoms with E-state index >= 15 is 0 Å². The molecular weight excluding hydrogens is 264 g/mol. The molecule has 1 heterocycles. The van der Waals surface area contributed by atoms with Gasteiger partial charge in [0, 0.05) is 25.7 Å². The van der Waals surface area contributed by atoms with Crippen LogP contribution in [0, 0.1) is 0 Å². The van der Waals surface area contributed by atoms with Gasteiger partial charge in [0.15, 0.2) is 0 Å². The van der Waals surface area contributed by atoms with Gasteiger partial charge in [-0.25, -0.2) is 4.98 Å². The summed E-state index contributed by atoms with van der Waals surface area (Å²) in [5.74, 6) is -0.00511. The summed E-state index contributed by atoms with van der Waals surface area (Å²) in [5, 5.41) is 6.17. The molecule has 0 bridgehead atoms. The number of carbonyl (C=O) groups is 1. The van der Waals surface area contributed by atoms with Crippen LogP contribution in [-0.2, 0) is 24.3 Å². The fourth-order valence-electron chi connectivity index (χ4n) is 2.03. The second-order valence-electron chi connectivity index (χ2n) is 4.90. The Morgan fingerprint density at radius 3 is 2.86 bits per heavy atom. The lowest BCUT2D eigenvalue weighted by atomic mass is 10.2. The SMILES string of the molecule is CCNCCc1cn(CC(=O)NCc2ccccc2)cn1. The van der Waals surface area contributed by atoms with Gasteiger partial charge in [0.05, 0.1) is 12.0 Å². The Hall–Kier alpha value is -2.14. The van der Waals surface area contributed by atoms with Crippen molar-refractivity contribution in [3.8, 4) is 0 Å². The summed E-state index contributed by atoms with van der Waals surface area (Å²) < 4.78 is 1.82. The van der Waals surface area contributed by atoms with Gasteiger partial charge in [0.1, 0.15) is 6.54 Å². The quantitative estimate of drug-likeness (QED) is 0.720. The van der Waals surface area contributed by atoms with Gasteiger partial charge in [-0.3, -0.25) is 4.79 Å². The number of carbonyl (C=O) groups excluding carboxylic acids is 1. The minimum absolute atomic E-state index is 0.00511. The molecule has 1 aromatic carbocycles. The maximum atomic E-state index is 11.9. The molecule has 0 aliphatic heterocycles. The van der Waals surface area contributed by atoms with Gasteiger partial charge in [-0.1, -0.05) is 37.3 Å². The molecule has 0 saturated carbocycles. The van der Waals surface area contributed by atoms with Crippen molar-refractivity contribution < 1.29 is 4.79 Å². The van der Waals surface area contributed by atoms with Gasteiger partial charge in [-0.2, -0.15) is 0 Å². The summed E-state index contributed by atoms with van der Waals surface area (Å²) in [4.78, 5) is 16.2. The van der Waals surface area contributed by atoms with Crippen molar-refractivity contribution in [1.29, 1.82) is 0 Å². The summed E-state index contributed by atoms with van der Waals surface area (Å²) in [6, 6.07) is 9.89. The molecule has 2 rings (SSSR count). The standard InChI is InChI=1S/C16H22N4O/c1-2-17-9-8-15-11-20(13-19-15)12-16(21)18-10-14-6-4-3-5-7-14/h3-7,11,13,17H,2,8-10,12H2,1H3,(H,18,21). The molecule has 5 nitrogen and oxygen atoms in total. The molecule has 1 aromatic heterocycles.